The van der Waals surface area contributed by atoms with Crippen LogP contribution in [0.25, 0.3) is 0 Å². The van der Waals surface area contributed by atoms with Crippen molar-refractivity contribution >= 4 is 39.3 Å². The van der Waals surface area contributed by atoms with Gasteiger partial charge in [-0.15, -0.1) is 0 Å². The Kier molecular flexibility index (Phi) is 5.96. The maximum Gasteiger partial charge on any atom is 0.257 e. The van der Waals surface area contributed by atoms with Crippen molar-refractivity contribution in [3.05, 3.63) is 93.6 Å². The second-order valence-electron chi connectivity index (χ2n) is 6.06. The third kappa shape index (κ3) is 4.69. The average molecular weight is 437 g/mol. The quantitative estimate of drug-likeness (QED) is 0.310. The summed E-state index contributed by atoms with van der Waals surface area (Å²) >= 11 is 3.30. The number of pyridine rings is 1. The third-order valence-electron chi connectivity index (χ3n) is 4.10. The summed E-state index contributed by atoms with van der Waals surface area (Å²) in [7, 11) is 0. The van der Waals surface area contributed by atoms with Crippen LogP contribution in [0.2, 0.25) is 0 Å². The van der Waals surface area contributed by atoms with E-state index in [1.165, 1.54) is 0 Å². The Morgan fingerprint density at radius 2 is 1.68 bits per heavy atom. The van der Waals surface area contributed by atoms with Gasteiger partial charge in [-0.25, -0.2) is 4.98 Å². The van der Waals surface area contributed by atoms with Gasteiger partial charge in [-0.05, 0) is 39.7 Å². The molecular weight excluding hydrogens is 420 g/mol. The summed E-state index contributed by atoms with van der Waals surface area (Å²) in [6, 6.07) is 17.0. The first kappa shape index (κ1) is 19.4. The number of hydrogen-bond acceptors (Lipinski definition) is 4. The topological polar surface area (TPSA) is 109 Å². The van der Waals surface area contributed by atoms with Gasteiger partial charge in [-0.1, -0.05) is 42.5 Å². The number of amides is 1. The van der Waals surface area contributed by atoms with Gasteiger partial charge in [0, 0.05) is 33.8 Å². The zero-order valence-corrected chi connectivity index (χ0v) is 16.4. The van der Waals surface area contributed by atoms with Crippen LogP contribution in [0.1, 0.15) is 31.8 Å². The number of anilines is 1. The van der Waals surface area contributed by atoms with Crippen molar-refractivity contribution in [2.45, 2.75) is 6.42 Å². The van der Waals surface area contributed by atoms with E-state index in [2.05, 4.69) is 26.2 Å². The van der Waals surface area contributed by atoms with Crippen LogP contribution in [-0.4, -0.2) is 22.5 Å². The lowest BCUT2D eigenvalue weighted by molar-refractivity contribution is 0.0992. The molecular formula is C21H17BrN4O2. The molecule has 0 bridgehead atoms. The molecule has 1 aromatic heterocycles. The van der Waals surface area contributed by atoms with Crippen LogP contribution >= 0.6 is 15.9 Å². The Morgan fingerprint density at radius 1 is 1.00 bits per heavy atom. The summed E-state index contributed by atoms with van der Waals surface area (Å²) in [5.41, 5.74) is 7.52. The number of carbonyl (C=O) groups excluding carboxylic acids is 2. The molecule has 140 valence electrons. The molecule has 0 aliphatic rings. The van der Waals surface area contributed by atoms with Crippen molar-refractivity contribution in [3.8, 4) is 0 Å². The summed E-state index contributed by atoms with van der Waals surface area (Å²) in [5, 5.41) is 10.2. The molecule has 4 N–H and O–H groups in total. The van der Waals surface area contributed by atoms with Crippen molar-refractivity contribution in [2.75, 3.05) is 5.32 Å². The minimum atomic E-state index is -0.329. The van der Waals surface area contributed by atoms with Gasteiger partial charge in [0.2, 0.25) is 0 Å². The lowest BCUT2D eigenvalue weighted by Crippen LogP contribution is -2.17. The first-order chi connectivity index (χ1) is 13.4. The molecule has 0 atom stereocenters. The molecule has 0 spiro atoms. The van der Waals surface area contributed by atoms with Gasteiger partial charge in [0.25, 0.3) is 5.91 Å². The first-order valence-corrected chi connectivity index (χ1v) is 9.22. The fraction of sp³-hybridized carbons (Fsp3) is 0.0476. The Bertz CT molecular complexity index is 1030. The summed E-state index contributed by atoms with van der Waals surface area (Å²) in [4.78, 5) is 29.4. The van der Waals surface area contributed by atoms with Crippen molar-refractivity contribution in [1.29, 1.82) is 5.41 Å². The normalized spacial score (nSPS) is 10.3. The third-order valence-corrected chi connectivity index (χ3v) is 4.57. The number of Topliss-reactive ketones (excluding diaryl/α,β-unsaturated/α-hetero) is 1. The molecule has 3 aromatic rings. The van der Waals surface area contributed by atoms with Gasteiger partial charge in [0.05, 0.1) is 0 Å². The Labute approximate surface area is 170 Å². The highest BCUT2D eigenvalue weighted by atomic mass is 79.9. The van der Waals surface area contributed by atoms with E-state index in [0.717, 1.165) is 4.47 Å². The van der Waals surface area contributed by atoms with E-state index in [9.17, 15) is 9.59 Å². The molecule has 1 heterocycles. The van der Waals surface area contributed by atoms with E-state index < -0.39 is 0 Å². The monoisotopic (exact) mass is 436 g/mol. The molecule has 0 fully saturated rings. The van der Waals surface area contributed by atoms with Gasteiger partial charge in [0.1, 0.15) is 11.7 Å². The van der Waals surface area contributed by atoms with E-state index in [-0.39, 0.29) is 23.9 Å². The molecule has 0 saturated carbocycles. The summed E-state index contributed by atoms with van der Waals surface area (Å²) in [6.45, 7) is 0. The predicted octanol–water partition coefficient (Wildman–Crippen LogP) is 3.81. The fourth-order valence-corrected chi connectivity index (χ4v) is 2.87. The van der Waals surface area contributed by atoms with Crippen LogP contribution < -0.4 is 11.1 Å². The van der Waals surface area contributed by atoms with Crippen LogP contribution in [0.4, 0.5) is 5.82 Å². The maximum atomic E-state index is 12.6. The highest BCUT2D eigenvalue weighted by Gasteiger charge is 2.15. The number of nitrogen functional groups attached to an aromatic ring is 1. The van der Waals surface area contributed by atoms with Crippen molar-refractivity contribution in [3.63, 3.8) is 0 Å². The summed E-state index contributed by atoms with van der Waals surface area (Å²) in [6.07, 6.45) is 1.67. The molecule has 3 rings (SSSR count). The van der Waals surface area contributed by atoms with Crippen LogP contribution in [0.5, 0.6) is 0 Å². The highest BCUT2D eigenvalue weighted by Crippen LogP contribution is 2.16. The second-order valence-corrected chi connectivity index (χ2v) is 6.98. The number of benzene rings is 2. The van der Waals surface area contributed by atoms with Gasteiger partial charge in [-0.2, -0.15) is 0 Å². The largest absolute Gasteiger partial charge is 0.384 e. The molecule has 0 saturated heterocycles. The molecule has 7 heteroatoms. The van der Waals surface area contributed by atoms with Gasteiger partial charge in [-0.3, -0.25) is 15.0 Å². The Morgan fingerprint density at radius 3 is 2.32 bits per heavy atom. The van der Waals surface area contributed by atoms with Crippen molar-refractivity contribution in [1.82, 2.24) is 4.98 Å². The number of hydrogen-bond donors (Lipinski definition) is 3. The standard InChI is InChI=1S/C21H17BrN4O2/c22-16-9-10-19(25-12-16)26-21(28)17-4-2-1-3-15(17)11-18(27)13-5-7-14(8-6-13)20(23)24/h1-10,12H,11H2,(H3,23,24)(H,25,26,28). The molecule has 0 aliphatic heterocycles. The van der Waals surface area contributed by atoms with Crippen LogP contribution in [-0.2, 0) is 6.42 Å². The average Bonchev–Trinajstić information content (AvgIpc) is 2.70. The number of nitrogens with zero attached hydrogens (tertiary/aromatic N) is 1. The minimum Gasteiger partial charge on any atom is -0.384 e. The molecule has 28 heavy (non-hydrogen) atoms. The van der Waals surface area contributed by atoms with E-state index in [1.807, 2.05) is 0 Å². The van der Waals surface area contributed by atoms with E-state index in [1.54, 1.807) is 66.9 Å². The number of nitrogens with one attached hydrogen (secondary N) is 2. The van der Waals surface area contributed by atoms with Gasteiger partial charge >= 0.3 is 0 Å². The van der Waals surface area contributed by atoms with E-state index in [0.29, 0.717) is 28.1 Å². The number of nitrogens with two attached hydrogens (primary N) is 1. The lowest BCUT2D eigenvalue weighted by atomic mass is 9.97. The fourth-order valence-electron chi connectivity index (χ4n) is 2.64. The number of ketones is 1. The van der Waals surface area contributed by atoms with Crippen LogP contribution in [0.15, 0.2) is 71.3 Å². The highest BCUT2D eigenvalue weighted by molar-refractivity contribution is 9.10. The Hall–Kier alpha value is -3.32. The summed E-state index contributed by atoms with van der Waals surface area (Å²) < 4.78 is 0.812. The number of amidine groups is 1. The predicted molar refractivity (Wildman–Crippen MR) is 112 cm³/mol. The first-order valence-electron chi connectivity index (χ1n) is 8.42. The van der Waals surface area contributed by atoms with Crippen LogP contribution in [0.3, 0.4) is 0 Å². The number of halogens is 1. The molecule has 0 unspecified atom stereocenters. The zero-order chi connectivity index (χ0) is 20.1. The molecule has 0 aliphatic carbocycles. The summed E-state index contributed by atoms with van der Waals surface area (Å²) in [5.74, 6) is -0.0843. The number of aromatic nitrogens is 1. The van der Waals surface area contributed by atoms with Gasteiger partial charge < -0.3 is 11.1 Å². The molecule has 6 nitrogen and oxygen atoms in total. The van der Waals surface area contributed by atoms with Crippen molar-refractivity contribution < 1.29 is 9.59 Å². The van der Waals surface area contributed by atoms with Gasteiger partial charge in [0.15, 0.2) is 5.78 Å². The molecule has 0 radical (unpaired) electrons. The van der Waals surface area contributed by atoms with E-state index in [4.69, 9.17) is 11.1 Å². The molecule has 2 aromatic carbocycles. The lowest BCUT2D eigenvalue weighted by Gasteiger charge is -2.10. The SMILES string of the molecule is N=C(N)c1ccc(C(=O)Cc2ccccc2C(=O)Nc2ccc(Br)cn2)cc1. The second kappa shape index (κ2) is 8.58. The van der Waals surface area contributed by atoms with E-state index >= 15 is 0 Å². The number of rotatable bonds is 6. The minimum absolute atomic E-state index is 0.0532. The van der Waals surface area contributed by atoms with Crippen molar-refractivity contribution in [2.24, 2.45) is 5.73 Å². The smallest absolute Gasteiger partial charge is 0.257 e. The van der Waals surface area contributed by atoms with Crippen LogP contribution in [0, 0.1) is 5.41 Å². The maximum absolute atomic E-state index is 12.6. The number of carbonyl (C=O) groups is 2. The Balaban J connectivity index is 1.77. The molecule has 1 amide bonds. The zero-order valence-electron chi connectivity index (χ0n) is 14.8.